The first-order chi connectivity index (χ1) is 9.29. The van der Waals surface area contributed by atoms with Gasteiger partial charge in [0.25, 0.3) is 5.91 Å². The Morgan fingerprint density at radius 3 is 3.11 bits per heavy atom. The number of benzene rings is 1. The number of aromatic nitrogens is 3. The molecule has 0 saturated carbocycles. The lowest BCUT2D eigenvalue weighted by Gasteiger charge is -2.08. The van der Waals surface area contributed by atoms with Gasteiger partial charge < -0.3 is 10.1 Å². The molecule has 1 N–H and O–H groups in total. The van der Waals surface area contributed by atoms with Gasteiger partial charge in [0.2, 0.25) is 0 Å². The summed E-state index contributed by atoms with van der Waals surface area (Å²) in [6.45, 7) is 2.69. The van der Waals surface area contributed by atoms with Gasteiger partial charge in [-0.3, -0.25) is 4.79 Å². The van der Waals surface area contributed by atoms with Gasteiger partial charge in [0.15, 0.2) is 6.61 Å². The molecule has 1 aromatic heterocycles. The minimum atomic E-state index is -0.118. The lowest BCUT2D eigenvalue weighted by atomic mass is 10.3. The molecule has 1 aromatic carbocycles. The summed E-state index contributed by atoms with van der Waals surface area (Å²) in [4.78, 5) is 15.3. The third-order valence-corrected chi connectivity index (χ3v) is 2.44. The SMILES string of the molecule is CCCNC(=O)COc1cccc(-n2cncn2)c1. The van der Waals surface area contributed by atoms with Crippen molar-refractivity contribution in [1.82, 2.24) is 20.1 Å². The summed E-state index contributed by atoms with van der Waals surface area (Å²) in [7, 11) is 0. The van der Waals surface area contributed by atoms with Gasteiger partial charge in [0, 0.05) is 12.6 Å². The van der Waals surface area contributed by atoms with Crippen LogP contribution in [-0.2, 0) is 4.79 Å². The molecule has 0 bridgehead atoms. The van der Waals surface area contributed by atoms with E-state index in [1.807, 2.05) is 25.1 Å². The van der Waals surface area contributed by atoms with Gasteiger partial charge in [-0.15, -0.1) is 0 Å². The maximum atomic E-state index is 11.4. The fourth-order valence-electron chi connectivity index (χ4n) is 1.52. The summed E-state index contributed by atoms with van der Waals surface area (Å²) < 4.78 is 7.06. The zero-order valence-electron chi connectivity index (χ0n) is 10.7. The molecule has 1 heterocycles. The Morgan fingerprint density at radius 2 is 2.37 bits per heavy atom. The fourth-order valence-corrected chi connectivity index (χ4v) is 1.52. The predicted molar refractivity (Wildman–Crippen MR) is 70.2 cm³/mol. The molecule has 100 valence electrons. The highest BCUT2D eigenvalue weighted by Crippen LogP contribution is 2.15. The molecule has 0 spiro atoms. The first-order valence-electron chi connectivity index (χ1n) is 6.14. The molecule has 0 saturated heterocycles. The molecular formula is C13H16N4O2. The Morgan fingerprint density at radius 1 is 1.47 bits per heavy atom. The molecule has 0 unspecified atom stereocenters. The van der Waals surface area contributed by atoms with Crippen molar-refractivity contribution in [3.63, 3.8) is 0 Å². The van der Waals surface area contributed by atoms with E-state index in [9.17, 15) is 4.79 Å². The minimum absolute atomic E-state index is 0.0147. The van der Waals surface area contributed by atoms with Gasteiger partial charge in [-0.2, -0.15) is 5.10 Å². The van der Waals surface area contributed by atoms with Crippen LogP contribution < -0.4 is 10.1 Å². The second kappa shape index (κ2) is 6.53. The largest absolute Gasteiger partial charge is 0.484 e. The zero-order chi connectivity index (χ0) is 13.5. The van der Waals surface area contributed by atoms with Crippen molar-refractivity contribution in [1.29, 1.82) is 0 Å². The highest BCUT2D eigenvalue weighted by Gasteiger charge is 2.03. The van der Waals surface area contributed by atoms with E-state index in [1.165, 1.54) is 6.33 Å². The number of hydrogen-bond donors (Lipinski definition) is 1. The number of hydrogen-bond acceptors (Lipinski definition) is 4. The molecule has 0 fully saturated rings. The molecule has 6 heteroatoms. The van der Waals surface area contributed by atoms with E-state index in [2.05, 4.69) is 15.4 Å². The lowest BCUT2D eigenvalue weighted by molar-refractivity contribution is -0.123. The molecule has 19 heavy (non-hydrogen) atoms. The Balaban J connectivity index is 1.94. The average molecular weight is 260 g/mol. The number of rotatable bonds is 6. The summed E-state index contributed by atoms with van der Waals surface area (Å²) in [6, 6.07) is 7.34. The first-order valence-corrected chi connectivity index (χ1v) is 6.14. The maximum Gasteiger partial charge on any atom is 0.257 e. The molecule has 0 aliphatic rings. The molecule has 0 aliphatic heterocycles. The van der Waals surface area contributed by atoms with Crippen molar-refractivity contribution >= 4 is 5.91 Å². The fraction of sp³-hybridized carbons (Fsp3) is 0.308. The molecule has 0 radical (unpaired) electrons. The standard InChI is InChI=1S/C13H16N4O2/c1-2-6-15-13(18)8-19-12-5-3-4-11(7-12)17-10-14-9-16-17/h3-5,7,9-10H,2,6,8H2,1H3,(H,15,18). The highest BCUT2D eigenvalue weighted by atomic mass is 16.5. The maximum absolute atomic E-state index is 11.4. The molecule has 0 aliphatic carbocycles. The number of carbonyl (C=O) groups is 1. The van der Waals surface area contributed by atoms with E-state index in [-0.39, 0.29) is 12.5 Å². The second-order valence-corrected chi connectivity index (χ2v) is 3.98. The van der Waals surface area contributed by atoms with Crippen LogP contribution in [0.3, 0.4) is 0 Å². The zero-order valence-corrected chi connectivity index (χ0v) is 10.7. The average Bonchev–Trinajstić information content (AvgIpc) is 2.97. The number of ether oxygens (including phenoxy) is 1. The van der Waals surface area contributed by atoms with Gasteiger partial charge in [0.05, 0.1) is 5.69 Å². The van der Waals surface area contributed by atoms with E-state index < -0.39 is 0 Å². The minimum Gasteiger partial charge on any atom is -0.484 e. The van der Waals surface area contributed by atoms with Gasteiger partial charge in [0.1, 0.15) is 18.4 Å². The number of amides is 1. The molecule has 0 atom stereocenters. The second-order valence-electron chi connectivity index (χ2n) is 3.98. The normalized spacial score (nSPS) is 10.2. The lowest BCUT2D eigenvalue weighted by Crippen LogP contribution is -2.29. The summed E-state index contributed by atoms with van der Waals surface area (Å²) in [5.41, 5.74) is 0.837. The van der Waals surface area contributed by atoms with Gasteiger partial charge >= 0.3 is 0 Å². The van der Waals surface area contributed by atoms with E-state index in [1.54, 1.807) is 17.1 Å². The Bertz CT molecular complexity index is 525. The predicted octanol–water partition coefficient (Wildman–Crippen LogP) is 1.17. The van der Waals surface area contributed by atoms with Crippen molar-refractivity contribution < 1.29 is 9.53 Å². The van der Waals surface area contributed by atoms with E-state index in [0.29, 0.717) is 12.3 Å². The van der Waals surface area contributed by atoms with E-state index >= 15 is 0 Å². The van der Waals surface area contributed by atoms with Crippen molar-refractivity contribution in [2.24, 2.45) is 0 Å². The quantitative estimate of drug-likeness (QED) is 0.846. The van der Waals surface area contributed by atoms with Crippen LogP contribution in [0.2, 0.25) is 0 Å². The number of carbonyl (C=O) groups excluding carboxylic acids is 1. The van der Waals surface area contributed by atoms with Crippen LogP contribution in [0.15, 0.2) is 36.9 Å². The smallest absolute Gasteiger partial charge is 0.257 e. The first kappa shape index (κ1) is 13.1. The summed E-state index contributed by atoms with van der Waals surface area (Å²) >= 11 is 0. The van der Waals surface area contributed by atoms with Crippen LogP contribution in [-0.4, -0.2) is 33.8 Å². The van der Waals surface area contributed by atoms with Gasteiger partial charge in [-0.25, -0.2) is 9.67 Å². The van der Waals surface area contributed by atoms with Crippen LogP contribution in [0.4, 0.5) is 0 Å². The van der Waals surface area contributed by atoms with Crippen molar-refractivity contribution in [2.75, 3.05) is 13.2 Å². The van der Waals surface area contributed by atoms with Crippen molar-refractivity contribution in [3.8, 4) is 11.4 Å². The summed E-state index contributed by atoms with van der Waals surface area (Å²) in [5, 5.41) is 6.79. The third-order valence-electron chi connectivity index (χ3n) is 2.44. The summed E-state index contributed by atoms with van der Waals surface area (Å²) in [5.74, 6) is 0.507. The summed E-state index contributed by atoms with van der Waals surface area (Å²) in [6.07, 6.45) is 3.98. The van der Waals surface area contributed by atoms with Crippen molar-refractivity contribution in [2.45, 2.75) is 13.3 Å². The Hall–Kier alpha value is -2.37. The monoisotopic (exact) mass is 260 g/mol. The molecule has 2 rings (SSSR count). The van der Waals surface area contributed by atoms with E-state index in [0.717, 1.165) is 12.1 Å². The topological polar surface area (TPSA) is 69.0 Å². The van der Waals surface area contributed by atoms with Crippen molar-refractivity contribution in [3.05, 3.63) is 36.9 Å². The molecule has 6 nitrogen and oxygen atoms in total. The molecular weight excluding hydrogens is 244 g/mol. The van der Waals surface area contributed by atoms with Crippen LogP contribution >= 0.6 is 0 Å². The number of nitrogens with one attached hydrogen (secondary N) is 1. The van der Waals surface area contributed by atoms with E-state index in [4.69, 9.17) is 4.74 Å². The van der Waals surface area contributed by atoms with Gasteiger partial charge in [-0.05, 0) is 18.6 Å². The van der Waals surface area contributed by atoms with Gasteiger partial charge in [-0.1, -0.05) is 13.0 Å². The van der Waals surface area contributed by atoms with Crippen LogP contribution in [0.25, 0.3) is 5.69 Å². The Labute approximate surface area is 111 Å². The molecule has 2 aromatic rings. The third kappa shape index (κ3) is 3.80. The van der Waals surface area contributed by atoms with Crippen LogP contribution in [0, 0.1) is 0 Å². The highest BCUT2D eigenvalue weighted by molar-refractivity contribution is 5.77. The molecule has 1 amide bonds. The van der Waals surface area contributed by atoms with Crippen LogP contribution in [0.1, 0.15) is 13.3 Å². The number of nitrogens with zero attached hydrogens (tertiary/aromatic N) is 3. The van der Waals surface area contributed by atoms with Crippen LogP contribution in [0.5, 0.6) is 5.75 Å². The Kier molecular flexibility index (Phi) is 4.49.